The summed E-state index contributed by atoms with van der Waals surface area (Å²) in [5.74, 6) is -0.125. The molecule has 5 heteroatoms. The fourth-order valence-electron chi connectivity index (χ4n) is 2.32. The van der Waals surface area contributed by atoms with Crippen molar-refractivity contribution in [1.82, 2.24) is 4.90 Å². The quantitative estimate of drug-likeness (QED) is 0.864. The van der Waals surface area contributed by atoms with Crippen LogP contribution >= 0.6 is 11.8 Å². The van der Waals surface area contributed by atoms with Crippen LogP contribution in [0.15, 0.2) is 29.2 Å². The molecule has 1 saturated heterocycles. The van der Waals surface area contributed by atoms with E-state index in [1.165, 1.54) is 6.92 Å². The summed E-state index contributed by atoms with van der Waals surface area (Å²) in [6.45, 7) is 2.19. The third-order valence-electron chi connectivity index (χ3n) is 3.32. The van der Waals surface area contributed by atoms with Gasteiger partial charge in [0.15, 0.2) is 0 Å². The number of likely N-dealkylation sites (tertiary alicyclic amines) is 1. The zero-order valence-electron chi connectivity index (χ0n) is 11.2. The summed E-state index contributed by atoms with van der Waals surface area (Å²) in [7, 11) is 0. The molecule has 1 N–H and O–H groups in total. The number of carbonyl (C=O) groups excluding carboxylic acids is 2. The maximum Gasteiger partial charge on any atom is 0.247 e. The Hall–Kier alpha value is -1.49. The zero-order valence-corrected chi connectivity index (χ0v) is 12.0. The van der Waals surface area contributed by atoms with Gasteiger partial charge in [-0.05, 0) is 43.4 Å². The van der Waals surface area contributed by atoms with Gasteiger partial charge in [0.1, 0.15) is 6.04 Å². The molecule has 19 heavy (non-hydrogen) atoms. The second-order valence-corrected chi connectivity index (χ2v) is 5.47. The Bertz CT molecular complexity index is 473. The van der Waals surface area contributed by atoms with Gasteiger partial charge < -0.3 is 10.2 Å². The highest BCUT2D eigenvalue weighted by Gasteiger charge is 2.32. The van der Waals surface area contributed by atoms with E-state index in [1.54, 1.807) is 16.7 Å². The van der Waals surface area contributed by atoms with Gasteiger partial charge in [-0.3, -0.25) is 9.59 Å². The number of rotatable bonds is 3. The highest BCUT2D eigenvalue weighted by molar-refractivity contribution is 7.98. The standard InChI is InChI=1S/C14H18N2O2S/c1-10(17)16-9-3-4-13(16)14(18)15-11-5-7-12(19-2)8-6-11/h5-8,13H,3-4,9H2,1-2H3,(H,15,18)/t13-/m1/s1. The maximum absolute atomic E-state index is 12.2. The Labute approximate surface area is 117 Å². The molecule has 1 atom stereocenters. The number of amides is 2. The number of nitrogens with zero attached hydrogens (tertiary/aromatic N) is 1. The third kappa shape index (κ3) is 3.29. The highest BCUT2D eigenvalue weighted by Crippen LogP contribution is 2.21. The van der Waals surface area contributed by atoms with Gasteiger partial charge in [0.2, 0.25) is 11.8 Å². The van der Waals surface area contributed by atoms with Gasteiger partial charge in [0, 0.05) is 24.1 Å². The molecule has 102 valence electrons. The monoisotopic (exact) mass is 278 g/mol. The van der Waals surface area contributed by atoms with Gasteiger partial charge in [-0.1, -0.05) is 0 Å². The zero-order chi connectivity index (χ0) is 13.8. The van der Waals surface area contributed by atoms with Crippen LogP contribution in [0.4, 0.5) is 5.69 Å². The molecule has 0 aliphatic carbocycles. The fourth-order valence-corrected chi connectivity index (χ4v) is 2.72. The lowest BCUT2D eigenvalue weighted by molar-refractivity contribution is -0.134. The lowest BCUT2D eigenvalue weighted by Crippen LogP contribution is -2.42. The van der Waals surface area contributed by atoms with Crippen LogP contribution in [-0.2, 0) is 9.59 Å². The lowest BCUT2D eigenvalue weighted by Gasteiger charge is -2.22. The van der Waals surface area contributed by atoms with Crippen LogP contribution in [-0.4, -0.2) is 35.6 Å². The molecule has 1 aliphatic heterocycles. The third-order valence-corrected chi connectivity index (χ3v) is 4.06. The van der Waals surface area contributed by atoms with Gasteiger partial charge in [-0.25, -0.2) is 0 Å². The summed E-state index contributed by atoms with van der Waals surface area (Å²) in [6, 6.07) is 7.39. The largest absolute Gasteiger partial charge is 0.331 e. The number of carbonyl (C=O) groups is 2. The van der Waals surface area contributed by atoms with Crippen molar-refractivity contribution >= 4 is 29.3 Å². The first-order valence-electron chi connectivity index (χ1n) is 6.34. The molecule has 0 aromatic heterocycles. The molecule has 0 saturated carbocycles. The van der Waals surface area contributed by atoms with E-state index in [9.17, 15) is 9.59 Å². The number of nitrogens with one attached hydrogen (secondary N) is 1. The molecule has 4 nitrogen and oxygen atoms in total. The van der Waals surface area contributed by atoms with E-state index >= 15 is 0 Å². The fraction of sp³-hybridized carbons (Fsp3) is 0.429. The van der Waals surface area contributed by atoms with Crippen molar-refractivity contribution in [2.75, 3.05) is 18.1 Å². The minimum absolute atomic E-state index is 0.0321. The number of hydrogen-bond donors (Lipinski definition) is 1. The molecule has 2 amide bonds. The Morgan fingerprint density at radius 2 is 2.00 bits per heavy atom. The summed E-state index contributed by atoms with van der Waals surface area (Å²) in [6.07, 6.45) is 3.65. The number of thioether (sulfide) groups is 1. The molecule has 0 bridgehead atoms. The summed E-state index contributed by atoms with van der Waals surface area (Å²) < 4.78 is 0. The Kier molecular flexibility index (Phi) is 4.47. The Morgan fingerprint density at radius 3 is 2.58 bits per heavy atom. The van der Waals surface area contributed by atoms with E-state index in [2.05, 4.69) is 5.32 Å². The molecule has 1 aliphatic rings. The summed E-state index contributed by atoms with van der Waals surface area (Å²) in [5.41, 5.74) is 0.776. The molecular formula is C14H18N2O2S. The van der Waals surface area contributed by atoms with E-state index in [1.807, 2.05) is 30.5 Å². The molecular weight excluding hydrogens is 260 g/mol. The summed E-state index contributed by atoms with van der Waals surface area (Å²) in [4.78, 5) is 26.4. The predicted molar refractivity (Wildman–Crippen MR) is 77.3 cm³/mol. The van der Waals surface area contributed by atoms with Crippen molar-refractivity contribution in [2.24, 2.45) is 0 Å². The molecule has 1 fully saturated rings. The Morgan fingerprint density at radius 1 is 1.32 bits per heavy atom. The van der Waals surface area contributed by atoms with Gasteiger partial charge in [-0.2, -0.15) is 0 Å². The summed E-state index contributed by atoms with van der Waals surface area (Å²) >= 11 is 1.66. The van der Waals surface area contributed by atoms with E-state index in [0.29, 0.717) is 6.54 Å². The van der Waals surface area contributed by atoms with Crippen LogP contribution in [0.25, 0.3) is 0 Å². The smallest absolute Gasteiger partial charge is 0.247 e. The number of anilines is 1. The molecule has 1 aromatic rings. The molecule has 1 aromatic carbocycles. The van der Waals surface area contributed by atoms with Crippen molar-refractivity contribution in [1.29, 1.82) is 0 Å². The van der Waals surface area contributed by atoms with Crippen molar-refractivity contribution in [2.45, 2.75) is 30.7 Å². The van der Waals surface area contributed by atoms with Gasteiger partial charge >= 0.3 is 0 Å². The van der Waals surface area contributed by atoms with Crippen LogP contribution in [0.2, 0.25) is 0 Å². The first-order valence-corrected chi connectivity index (χ1v) is 7.56. The molecule has 2 rings (SSSR count). The topological polar surface area (TPSA) is 49.4 Å². The van der Waals surface area contributed by atoms with Gasteiger partial charge in [0.25, 0.3) is 0 Å². The van der Waals surface area contributed by atoms with E-state index < -0.39 is 0 Å². The number of benzene rings is 1. The lowest BCUT2D eigenvalue weighted by atomic mass is 10.2. The predicted octanol–water partition coefficient (Wildman–Crippen LogP) is 2.36. The molecule has 0 radical (unpaired) electrons. The average Bonchev–Trinajstić information content (AvgIpc) is 2.89. The number of hydrogen-bond acceptors (Lipinski definition) is 3. The van der Waals surface area contributed by atoms with Crippen molar-refractivity contribution in [3.05, 3.63) is 24.3 Å². The van der Waals surface area contributed by atoms with E-state index in [4.69, 9.17) is 0 Å². The van der Waals surface area contributed by atoms with Crippen molar-refractivity contribution in [3.8, 4) is 0 Å². The first kappa shape index (κ1) is 13.9. The normalized spacial score (nSPS) is 18.4. The van der Waals surface area contributed by atoms with Crippen LogP contribution in [0.1, 0.15) is 19.8 Å². The summed E-state index contributed by atoms with van der Waals surface area (Å²) in [5, 5.41) is 2.88. The highest BCUT2D eigenvalue weighted by atomic mass is 32.2. The molecule has 1 heterocycles. The van der Waals surface area contributed by atoms with Crippen molar-refractivity contribution in [3.63, 3.8) is 0 Å². The van der Waals surface area contributed by atoms with Crippen molar-refractivity contribution < 1.29 is 9.59 Å². The molecule has 0 spiro atoms. The van der Waals surface area contributed by atoms with Crippen LogP contribution in [0, 0.1) is 0 Å². The van der Waals surface area contributed by atoms with Crippen LogP contribution in [0.5, 0.6) is 0 Å². The van der Waals surface area contributed by atoms with E-state index in [0.717, 1.165) is 23.4 Å². The second kappa shape index (κ2) is 6.10. The first-order chi connectivity index (χ1) is 9.11. The van der Waals surface area contributed by atoms with Crippen LogP contribution < -0.4 is 5.32 Å². The average molecular weight is 278 g/mol. The minimum Gasteiger partial charge on any atom is -0.331 e. The van der Waals surface area contributed by atoms with Crippen LogP contribution in [0.3, 0.4) is 0 Å². The maximum atomic E-state index is 12.2. The van der Waals surface area contributed by atoms with E-state index in [-0.39, 0.29) is 17.9 Å². The van der Waals surface area contributed by atoms with Gasteiger partial charge in [-0.15, -0.1) is 11.8 Å². The second-order valence-electron chi connectivity index (χ2n) is 4.59. The van der Waals surface area contributed by atoms with Gasteiger partial charge in [0.05, 0.1) is 0 Å². The Balaban J connectivity index is 2.01. The SMILES string of the molecule is CSc1ccc(NC(=O)[C@H]2CCCN2C(C)=O)cc1. The minimum atomic E-state index is -0.322. The molecule has 0 unspecified atom stereocenters.